The van der Waals surface area contributed by atoms with Crippen LogP contribution in [-0.4, -0.2) is 60.0 Å². The Balaban J connectivity index is 1.58. The van der Waals surface area contributed by atoms with Gasteiger partial charge in [0, 0.05) is 18.0 Å². The molecule has 27 heavy (non-hydrogen) atoms. The number of carbonyl (C=O) groups excluding carboxylic acids is 2. The lowest BCUT2D eigenvalue weighted by molar-refractivity contribution is -0.120. The lowest BCUT2D eigenvalue weighted by atomic mass is 10.1. The highest BCUT2D eigenvalue weighted by Crippen LogP contribution is 2.44. The Morgan fingerprint density at radius 3 is 2.59 bits per heavy atom. The first-order chi connectivity index (χ1) is 12.9. The second kappa shape index (κ2) is 5.53. The van der Waals surface area contributed by atoms with Crippen LogP contribution in [0.15, 0.2) is 42.5 Å². The SMILES string of the molecule is CCS(=O)(=O)N1C[C@H]2CC1[C@@H]1C(=O)N(c3cccc4ccccc34)C(=O)N21. The second-order valence-corrected chi connectivity index (χ2v) is 9.44. The summed E-state index contributed by atoms with van der Waals surface area (Å²) in [5.74, 6) is -0.335. The van der Waals surface area contributed by atoms with Gasteiger partial charge in [0.15, 0.2) is 0 Å². The summed E-state index contributed by atoms with van der Waals surface area (Å²) in [6.45, 7) is 1.88. The molecule has 3 fully saturated rings. The number of carbonyl (C=O) groups is 2. The predicted molar refractivity (Wildman–Crippen MR) is 101 cm³/mol. The number of benzene rings is 2. The van der Waals surface area contributed by atoms with E-state index < -0.39 is 22.1 Å². The first kappa shape index (κ1) is 16.7. The number of urea groups is 1. The highest BCUT2D eigenvalue weighted by molar-refractivity contribution is 7.89. The molecule has 3 amide bonds. The zero-order valence-electron chi connectivity index (χ0n) is 14.8. The van der Waals surface area contributed by atoms with Gasteiger partial charge in [0.25, 0.3) is 5.91 Å². The maximum atomic E-state index is 13.2. The van der Waals surface area contributed by atoms with Crippen molar-refractivity contribution in [2.75, 3.05) is 17.2 Å². The number of anilines is 1. The van der Waals surface area contributed by atoms with Gasteiger partial charge in [0.05, 0.1) is 17.5 Å². The van der Waals surface area contributed by atoms with Crippen molar-refractivity contribution in [1.82, 2.24) is 9.21 Å². The fraction of sp³-hybridized carbons (Fsp3) is 0.368. The van der Waals surface area contributed by atoms with Crippen molar-refractivity contribution in [1.29, 1.82) is 0 Å². The van der Waals surface area contributed by atoms with Crippen LogP contribution in [0.2, 0.25) is 0 Å². The number of imide groups is 1. The fourth-order valence-corrected chi connectivity index (χ4v) is 6.07. The van der Waals surface area contributed by atoms with E-state index in [1.54, 1.807) is 17.9 Å². The standard InChI is InChI=1S/C19H19N3O4S/c1-2-27(25,26)20-11-13-10-16(20)17-18(23)22(19(24)21(13)17)15-9-5-7-12-6-3-4-8-14(12)15/h3-9,13,16-17H,2,10-11H2,1H3/t13-,16?,17-/m1/s1. The molecule has 3 saturated heterocycles. The molecule has 0 spiro atoms. The summed E-state index contributed by atoms with van der Waals surface area (Å²) in [4.78, 5) is 29.2. The summed E-state index contributed by atoms with van der Waals surface area (Å²) in [6, 6.07) is 11.4. The van der Waals surface area contributed by atoms with Gasteiger partial charge >= 0.3 is 6.03 Å². The summed E-state index contributed by atoms with van der Waals surface area (Å²) in [6.07, 6.45) is 0.532. The molecule has 5 rings (SSSR count). The normalized spacial score (nSPS) is 27.8. The van der Waals surface area contributed by atoms with Crippen molar-refractivity contribution < 1.29 is 18.0 Å². The zero-order chi connectivity index (χ0) is 18.9. The van der Waals surface area contributed by atoms with E-state index in [0.717, 1.165) is 10.8 Å². The van der Waals surface area contributed by atoms with Crippen LogP contribution in [0.4, 0.5) is 10.5 Å². The molecule has 0 radical (unpaired) electrons. The van der Waals surface area contributed by atoms with Gasteiger partial charge in [0.1, 0.15) is 6.04 Å². The highest BCUT2D eigenvalue weighted by atomic mass is 32.2. The van der Waals surface area contributed by atoms with Gasteiger partial charge in [-0.1, -0.05) is 36.4 Å². The van der Waals surface area contributed by atoms with Crippen molar-refractivity contribution in [3.63, 3.8) is 0 Å². The van der Waals surface area contributed by atoms with E-state index in [9.17, 15) is 18.0 Å². The predicted octanol–water partition coefficient (Wildman–Crippen LogP) is 1.78. The lowest BCUT2D eigenvalue weighted by Gasteiger charge is -2.33. The molecule has 3 atom stereocenters. The van der Waals surface area contributed by atoms with Crippen molar-refractivity contribution in [2.24, 2.45) is 0 Å². The molecule has 3 aliphatic heterocycles. The van der Waals surface area contributed by atoms with Crippen LogP contribution in [0, 0.1) is 0 Å². The number of rotatable bonds is 3. The molecule has 2 aromatic carbocycles. The molecule has 0 aliphatic carbocycles. The molecular formula is C19H19N3O4S. The Hall–Kier alpha value is -2.45. The molecule has 0 aromatic heterocycles. The first-order valence-electron chi connectivity index (χ1n) is 9.07. The summed E-state index contributed by atoms with van der Waals surface area (Å²) in [5, 5.41) is 1.77. The number of amides is 3. The summed E-state index contributed by atoms with van der Waals surface area (Å²) in [7, 11) is -3.40. The summed E-state index contributed by atoms with van der Waals surface area (Å²) < 4.78 is 26.2. The van der Waals surface area contributed by atoms with Gasteiger partial charge < -0.3 is 4.90 Å². The molecule has 0 saturated carbocycles. The van der Waals surface area contributed by atoms with Gasteiger partial charge in [-0.15, -0.1) is 0 Å². The van der Waals surface area contributed by atoms with Crippen molar-refractivity contribution >= 4 is 38.4 Å². The van der Waals surface area contributed by atoms with Crippen LogP contribution in [0.5, 0.6) is 0 Å². The Morgan fingerprint density at radius 1 is 1.07 bits per heavy atom. The van der Waals surface area contributed by atoms with Gasteiger partial charge in [-0.05, 0) is 24.8 Å². The second-order valence-electron chi connectivity index (χ2n) is 7.23. The molecule has 3 aliphatic rings. The van der Waals surface area contributed by atoms with Crippen molar-refractivity contribution in [3.8, 4) is 0 Å². The average Bonchev–Trinajstić information content (AvgIpc) is 3.33. The van der Waals surface area contributed by atoms with E-state index in [-0.39, 0.29) is 30.3 Å². The minimum absolute atomic E-state index is 0.00187. The third-order valence-electron chi connectivity index (χ3n) is 5.95. The summed E-state index contributed by atoms with van der Waals surface area (Å²) >= 11 is 0. The van der Waals surface area contributed by atoms with E-state index in [1.807, 2.05) is 36.4 Å². The molecule has 140 valence electrons. The fourth-order valence-electron chi connectivity index (χ4n) is 4.73. The van der Waals surface area contributed by atoms with Crippen LogP contribution < -0.4 is 4.90 Å². The molecule has 1 unspecified atom stereocenters. The average molecular weight is 385 g/mol. The lowest BCUT2D eigenvalue weighted by Crippen LogP contribution is -2.55. The molecule has 7 nitrogen and oxygen atoms in total. The van der Waals surface area contributed by atoms with E-state index in [2.05, 4.69) is 0 Å². The van der Waals surface area contributed by atoms with Crippen LogP contribution in [0.25, 0.3) is 10.8 Å². The number of nitrogens with zero attached hydrogens (tertiary/aromatic N) is 3. The number of hydrogen-bond acceptors (Lipinski definition) is 4. The van der Waals surface area contributed by atoms with Crippen molar-refractivity contribution in [2.45, 2.75) is 31.5 Å². The third kappa shape index (κ3) is 2.14. The van der Waals surface area contributed by atoms with Crippen LogP contribution in [0.1, 0.15) is 13.3 Å². The van der Waals surface area contributed by atoms with E-state index in [1.165, 1.54) is 9.21 Å². The Morgan fingerprint density at radius 2 is 1.81 bits per heavy atom. The minimum atomic E-state index is -3.40. The number of piperazine rings is 1. The maximum absolute atomic E-state index is 13.2. The van der Waals surface area contributed by atoms with Crippen LogP contribution in [0.3, 0.4) is 0 Å². The molecule has 0 N–H and O–H groups in total. The first-order valence-corrected chi connectivity index (χ1v) is 10.7. The van der Waals surface area contributed by atoms with Gasteiger partial charge in [-0.3, -0.25) is 4.79 Å². The maximum Gasteiger partial charge on any atom is 0.332 e. The largest absolute Gasteiger partial charge is 0.332 e. The molecule has 8 heteroatoms. The molecule has 2 bridgehead atoms. The number of sulfonamides is 1. The smallest absolute Gasteiger partial charge is 0.306 e. The van der Waals surface area contributed by atoms with Gasteiger partial charge in [-0.2, -0.15) is 4.31 Å². The van der Waals surface area contributed by atoms with Crippen molar-refractivity contribution in [3.05, 3.63) is 42.5 Å². The Bertz CT molecular complexity index is 1080. The minimum Gasteiger partial charge on any atom is -0.306 e. The Labute approximate surface area is 157 Å². The topological polar surface area (TPSA) is 78.0 Å². The van der Waals surface area contributed by atoms with E-state index in [0.29, 0.717) is 12.1 Å². The van der Waals surface area contributed by atoms with E-state index in [4.69, 9.17) is 0 Å². The highest BCUT2D eigenvalue weighted by Gasteiger charge is 2.63. The van der Waals surface area contributed by atoms with Crippen LogP contribution in [-0.2, 0) is 14.8 Å². The molecular weight excluding hydrogens is 366 g/mol. The van der Waals surface area contributed by atoms with E-state index >= 15 is 0 Å². The number of hydrogen-bond donors (Lipinski definition) is 0. The zero-order valence-corrected chi connectivity index (χ0v) is 15.6. The molecule has 2 aromatic rings. The van der Waals surface area contributed by atoms with Gasteiger partial charge in [-0.25, -0.2) is 18.1 Å². The van der Waals surface area contributed by atoms with Crippen LogP contribution >= 0.6 is 0 Å². The Kier molecular flexibility index (Phi) is 3.42. The summed E-state index contributed by atoms with van der Waals surface area (Å²) in [5.41, 5.74) is 0.557. The molecule has 3 heterocycles. The monoisotopic (exact) mass is 385 g/mol. The van der Waals surface area contributed by atoms with Gasteiger partial charge in [0.2, 0.25) is 10.0 Å². The number of fused-ring (bicyclic) bond motifs is 6. The third-order valence-corrected chi connectivity index (χ3v) is 7.81. The quantitative estimate of drug-likeness (QED) is 0.755.